The van der Waals surface area contributed by atoms with Gasteiger partial charge in [-0.2, -0.15) is 4.31 Å². The molecule has 0 saturated carbocycles. The molecule has 1 saturated heterocycles. The zero-order chi connectivity index (χ0) is 14.8. The maximum absolute atomic E-state index is 12.4. The van der Waals surface area contributed by atoms with Gasteiger partial charge in [-0.3, -0.25) is 4.79 Å². The van der Waals surface area contributed by atoms with Crippen LogP contribution in [0.15, 0.2) is 29.2 Å². The molecule has 110 valence electrons. The molecule has 20 heavy (non-hydrogen) atoms. The van der Waals surface area contributed by atoms with Gasteiger partial charge in [-0.1, -0.05) is 0 Å². The molecule has 0 spiro atoms. The van der Waals surface area contributed by atoms with Gasteiger partial charge < -0.3 is 15.2 Å². The van der Waals surface area contributed by atoms with Gasteiger partial charge in [-0.15, -0.1) is 0 Å². The molecule has 1 aromatic carbocycles. The smallest absolute Gasteiger partial charge is 0.322 e. The SMILES string of the molecule is COc1ccc(S(=O)(=O)N2CCN[C@@H](C(=O)O)C2)cc1. The second-order valence-electron chi connectivity index (χ2n) is 4.38. The van der Waals surface area contributed by atoms with Crippen molar-refractivity contribution in [2.24, 2.45) is 0 Å². The lowest BCUT2D eigenvalue weighted by Gasteiger charge is -2.30. The summed E-state index contributed by atoms with van der Waals surface area (Å²) >= 11 is 0. The van der Waals surface area contributed by atoms with E-state index in [0.717, 1.165) is 0 Å². The second-order valence-corrected chi connectivity index (χ2v) is 6.32. The van der Waals surface area contributed by atoms with Crippen molar-refractivity contribution in [1.82, 2.24) is 9.62 Å². The van der Waals surface area contributed by atoms with Crippen LogP contribution in [0.1, 0.15) is 0 Å². The first-order chi connectivity index (χ1) is 9.45. The Kier molecular flexibility index (Phi) is 4.26. The number of ether oxygens (including phenoxy) is 1. The fraction of sp³-hybridized carbons (Fsp3) is 0.417. The Hall–Kier alpha value is -1.64. The average Bonchev–Trinajstić information content (AvgIpc) is 2.47. The quantitative estimate of drug-likeness (QED) is 0.795. The van der Waals surface area contributed by atoms with Gasteiger partial charge in [0, 0.05) is 19.6 Å². The van der Waals surface area contributed by atoms with Gasteiger partial charge in [0.15, 0.2) is 0 Å². The Morgan fingerprint density at radius 3 is 2.60 bits per heavy atom. The molecule has 1 heterocycles. The largest absolute Gasteiger partial charge is 0.497 e. The summed E-state index contributed by atoms with van der Waals surface area (Å²) in [5.41, 5.74) is 0. The van der Waals surface area contributed by atoms with E-state index in [-0.39, 0.29) is 18.0 Å². The van der Waals surface area contributed by atoms with E-state index in [1.807, 2.05) is 0 Å². The van der Waals surface area contributed by atoms with Crippen LogP contribution >= 0.6 is 0 Å². The van der Waals surface area contributed by atoms with E-state index in [0.29, 0.717) is 12.3 Å². The van der Waals surface area contributed by atoms with Crippen molar-refractivity contribution < 1.29 is 23.1 Å². The Morgan fingerprint density at radius 1 is 1.40 bits per heavy atom. The molecule has 0 aliphatic carbocycles. The minimum absolute atomic E-state index is 0.0797. The number of rotatable bonds is 4. The van der Waals surface area contributed by atoms with Crippen LogP contribution in [0.25, 0.3) is 0 Å². The van der Waals surface area contributed by atoms with Gasteiger partial charge in [-0.05, 0) is 24.3 Å². The first-order valence-electron chi connectivity index (χ1n) is 6.05. The lowest BCUT2D eigenvalue weighted by Crippen LogP contribution is -2.55. The molecular formula is C12H16N2O5S. The van der Waals surface area contributed by atoms with Crippen LogP contribution in [0.2, 0.25) is 0 Å². The third-order valence-corrected chi connectivity index (χ3v) is 5.01. The summed E-state index contributed by atoms with van der Waals surface area (Å²) in [5.74, 6) is -0.493. The number of benzene rings is 1. The van der Waals surface area contributed by atoms with Crippen LogP contribution in [0, 0.1) is 0 Å². The molecule has 1 aliphatic rings. The van der Waals surface area contributed by atoms with Crippen molar-refractivity contribution in [3.8, 4) is 5.75 Å². The standard InChI is InChI=1S/C12H16N2O5S/c1-19-9-2-4-10(5-3-9)20(17,18)14-7-6-13-11(8-14)12(15)16/h2-5,11,13H,6-8H2,1H3,(H,15,16)/t11-/m1/s1. The molecule has 0 amide bonds. The van der Waals surface area contributed by atoms with Gasteiger partial charge in [0.1, 0.15) is 11.8 Å². The molecule has 0 unspecified atom stereocenters. The van der Waals surface area contributed by atoms with Crippen molar-refractivity contribution >= 4 is 16.0 Å². The molecule has 1 aromatic rings. The lowest BCUT2D eigenvalue weighted by molar-refractivity contribution is -0.140. The van der Waals surface area contributed by atoms with E-state index in [2.05, 4.69) is 5.32 Å². The molecule has 0 radical (unpaired) electrons. The number of aliphatic carboxylic acids is 1. The number of hydrogen-bond donors (Lipinski definition) is 2. The summed E-state index contributed by atoms with van der Waals surface area (Å²) in [5, 5.41) is 11.7. The number of nitrogens with one attached hydrogen (secondary N) is 1. The van der Waals surface area contributed by atoms with Crippen LogP contribution in [0.4, 0.5) is 0 Å². The third-order valence-electron chi connectivity index (χ3n) is 3.13. The number of nitrogens with zero attached hydrogens (tertiary/aromatic N) is 1. The van der Waals surface area contributed by atoms with Crippen LogP contribution in [0.3, 0.4) is 0 Å². The van der Waals surface area contributed by atoms with E-state index < -0.39 is 22.0 Å². The molecule has 0 bridgehead atoms. The molecule has 7 nitrogen and oxygen atoms in total. The van der Waals surface area contributed by atoms with Gasteiger partial charge >= 0.3 is 5.97 Å². The summed E-state index contributed by atoms with van der Waals surface area (Å²) in [7, 11) is -2.18. The predicted molar refractivity (Wildman–Crippen MR) is 71.2 cm³/mol. The van der Waals surface area contributed by atoms with Crippen LogP contribution < -0.4 is 10.1 Å². The maximum atomic E-state index is 12.4. The topological polar surface area (TPSA) is 95.9 Å². The van der Waals surface area contributed by atoms with Gasteiger partial charge in [0.25, 0.3) is 0 Å². The van der Waals surface area contributed by atoms with Crippen molar-refractivity contribution in [2.75, 3.05) is 26.7 Å². The summed E-state index contributed by atoms with van der Waals surface area (Å²) in [6.45, 7) is 0.480. The number of sulfonamides is 1. The van der Waals surface area contributed by atoms with Crippen molar-refractivity contribution in [1.29, 1.82) is 0 Å². The van der Waals surface area contributed by atoms with Crippen molar-refractivity contribution in [3.05, 3.63) is 24.3 Å². The molecule has 1 aliphatic heterocycles. The lowest BCUT2D eigenvalue weighted by atomic mass is 10.2. The number of hydrogen-bond acceptors (Lipinski definition) is 5. The number of carbonyl (C=O) groups is 1. The fourth-order valence-corrected chi connectivity index (χ4v) is 3.46. The van der Waals surface area contributed by atoms with Crippen LogP contribution in [-0.4, -0.2) is 56.6 Å². The predicted octanol–water partition coefficient (Wildman–Crippen LogP) is -0.258. The van der Waals surface area contributed by atoms with Gasteiger partial charge in [0.2, 0.25) is 10.0 Å². The van der Waals surface area contributed by atoms with Crippen molar-refractivity contribution in [3.63, 3.8) is 0 Å². The van der Waals surface area contributed by atoms with E-state index in [1.54, 1.807) is 12.1 Å². The highest BCUT2D eigenvalue weighted by molar-refractivity contribution is 7.89. The molecular weight excluding hydrogens is 284 g/mol. The Balaban J connectivity index is 2.22. The third kappa shape index (κ3) is 2.92. The Morgan fingerprint density at radius 2 is 2.05 bits per heavy atom. The summed E-state index contributed by atoms with van der Waals surface area (Å²) in [6, 6.07) is 5.14. The average molecular weight is 300 g/mol. The van der Waals surface area contributed by atoms with Gasteiger partial charge in [-0.25, -0.2) is 8.42 Å². The second kappa shape index (κ2) is 5.78. The van der Waals surface area contributed by atoms with E-state index in [4.69, 9.17) is 9.84 Å². The van der Waals surface area contributed by atoms with E-state index in [9.17, 15) is 13.2 Å². The fourth-order valence-electron chi connectivity index (χ4n) is 2.00. The molecule has 8 heteroatoms. The number of piperazine rings is 1. The molecule has 1 fully saturated rings. The minimum atomic E-state index is -3.68. The zero-order valence-corrected chi connectivity index (χ0v) is 11.8. The normalized spacial score (nSPS) is 20.6. The first kappa shape index (κ1) is 14.8. The zero-order valence-electron chi connectivity index (χ0n) is 10.9. The van der Waals surface area contributed by atoms with Gasteiger partial charge in [0.05, 0.1) is 12.0 Å². The molecule has 1 atom stereocenters. The Labute approximate surface area is 117 Å². The number of carboxylic acids is 1. The Bertz CT molecular complexity index is 584. The number of methoxy groups -OCH3 is 1. The molecule has 0 aromatic heterocycles. The van der Waals surface area contributed by atoms with E-state index >= 15 is 0 Å². The highest BCUT2D eigenvalue weighted by Gasteiger charge is 2.32. The number of carboxylic acid groups (broad SMARTS) is 1. The highest BCUT2D eigenvalue weighted by Crippen LogP contribution is 2.20. The van der Waals surface area contributed by atoms with Crippen LogP contribution in [-0.2, 0) is 14.8 Å². The van der Waals surface area contributed by atoms with Crippen molar-refractivity contribution in [2.45, 2.75) is 10.9 Å². The monoisotopic (exact) mass is 300 g/mol. The summed E-state index contributed by atoms with van der Waals surface area (Å²) < 4.78 is 31.0. The molecule has 2 rings (SSSR count). The summed E-state index contributed by atoms with van der Waals surface area (Å²) in [4.78, 5) is 11.1. The van der Waals surface area contributed by atoms with E-state index in [1.165, 1.54) is 23.5 Å². The maximum Gasteiger partial charge on any atom is 0.322 e. The first-order valence-corrected chi connectivity index (χ1v) is 7.49. The van der Waals surface area contributed by atoms with Crippen LogP contribution in [0.5, 0.6) is 5.75 Å². The minimum Gasteiger partial charge on any atom is -0.497 e. The molecule has 2 N–H and O–H groups in total. The summed E-state index contributed by atoms with van der Waals surface area (Å²) in [6.07, 6.45) is 0. The highest BCUT2D eigenvalue weighted by atomic mass is 32.2.